The van der Waals surface area contributed by atoms with Gasteiger partial charge in [-0.3, -0.25) is 29.0 Å². The largest absolute Gasteiger partial charge is 2.00 e. The van der Waals surface area contributed by atoms with E-state index in [1.165, 1.54) is 0 Å². The van der Waals surface area contributed by atoms with Crippen molar-refractivity contribution in [3.63, 3.8) is 0 Å². The molecule has 0 saturated heterocycles. The maximum Gasteiger partial charge on any atom is 2.00 e. The summed E-state index contributed by atoms with van der Waals surface area (Å²) in [5.74, 6) is -4.91. The van der Waals surface area contributed by atoms with Crippen LogP contribution in [0.3, 0.4) is 0 Å². The van der Waals surface area contributed by atoms with Crippen LogP contribution in [0.2, 0.25) is 0 Å². The van der Waals surface area contributed by atoms with Crippen LogP contribution in [0.15, 0.2) is 0 Å². The second kappa shape index (κ2) is 13.7. The minimum atomic E-state index is -1.23. The fraction of sp³-hybridized carbons (Fsp3) is 0.600. The van der Waals surface area contributed by atoms with Crippen molar-refractivity contribution in [3.8, 4) is 0 Å². The predicted molar refractivity (Wildman–Crippen MR) is 75.0 cm³/mol. The molecule has 0 fully saturated rings. The summed E-state index contributed by atoms with van der Waals surface area (Å²) < 4.78 is 0. The van der Waals surface area contributed by atoms with Crippen molar-refractivity contribution < 1.29 is 47.9 Å². The van der Waals surface area contributed by atoms with Gasteiger partial charge in [-0.05, 0) is 0 Å². The summed E-state index contributed by atoms with van der Waals surface area (Å²) in [6, 6.07) is 0. The zero-order valence-electron chi connectivity index (χ0n) is 13.8. The van der Waals surface area contributed by atoms with Gasteiger partial charge in [0, 0.05) is 13.1 Å². The van der Waals surface area contributed by atoms with Crippen molar-refractivity contribution in [1.29, 1.82) is 0 Å². The molecule has 0 radical (unpaired) electrons. The first-order chi connectivity index (χ1) is 9.20. The Balaban J connectivity index is -0.000000301. The van der Waals surface area contributed by atoms with Gasteiger partial charge in [-0.1, -0.05) is 0 Å². The van der Waals surface area contributed by atoms with E-state index in [-0.39, 0.29) is 59.2 Å². The van der Waals surface area contributed by atoms with Crippen LogP contribution in [0.5, 0.6) is 0 Å². The van der Waals surface area contributed by atoms with Gasteiger partial charge in [0.05, 0.1) is 26.2 Å². The Hall–Kier alpha value is -0.980. The standard InChI is InChI=1S/C10H16N2O8.Ca.H2O.2H/c13-7(14)3-11(4-8(15)16)1-2-12(5-9(17)18)6-10(19)20;;;;/h1-6H2,(H,13,14)(H,15,16)(H,17,18)(H,19,20);;1H2;;/q;+2;;2*-1. The molecule has 0 saturated carbocycles. The first-order valence-electron chi connectivity index (χ1n) is 5.52. The zero-order chi connectivity index (χ0) is 15.7. The number of rotatable bonds is 11. The summed E-state index contributed by atoms with van der Waals surface area (Å²) in [5.41, 5.74) is 0. The second-order valence-electron chi connectivity index (χ2n) is 4.00. The van der Waals surface area contributed by atoms with Crippen molar-refractivity contribution in [3.05, 3.63) is 0 Å². The average Bonchev–Trinajstić information content (AvgIpc) is 2.22. The number of carboxylic acids is 4. The molecule has 12 heteroatoms. The number of nitrogens with zero attached hydrogens (tertiary/aromatic N) is 2. The molecule has 126 valence electrons. The van der Waals surface area contributed by atoms with Crippen molar-refractivity contribution >= 4 is 61.6 Å². The Morgan fingerprint density at radius 3 is 0.955 bits per heavy atom. The van der Waals surface area contributed by atoms with Crippen LogP contribution in [0.1, 0.15) is 2.85 Å². The summed E-state index contributed by atoms with van der Waals surface area (Å²) in [7, 11) is 0. The summed E-state index contributed by atoms with van der Waals surface area (Å²) in [6.07, 6.45) is 0. The van der Waals surface area contributed by atoms with E-state index in [0.717, 1.165) is 9.80 Å². The van der Waals surface area contributed by atoms with Crippen molar-refractivity contribution in [2.75, 3.05) is 39.3 Å². The molecule has 0 spiro atoms. The van der Waals surface area contributed by atoms with Gasteiger partial charge in [0.1, 0.15) is 0 Å². The molecule has 0 heterocycles. The molecule has 0 unspecified atom stereocenters. The van der Waals surface area contributed by atoms with Gasteiger partial charge >= 0.3 is 61.6 Å². The smallest absolute Gasteiger partial charge is 1.00 e. The normalized spacial score (nSPS) is 9.73. The molecule has 0 aliphatic carbocycles. The van der Waals surface area contributed by atoms with E-state index in [4.69, 9.17) is 20.4 Å². The fourth-order valence-corrected chi connectivity index (χ4v) is 1.48. The molecule has 0 aromatic heterocycles. The van der Waals surface area contributed by atoms with Crippen LogP contribution in [0.4, 0.5) is 0 Å². The van der Waals surface area contributed by atoms with Crippen LogP contribution >= 0.6 is 0 Å². The molecule has 0 bridgehead atoms. The summed E-state index contributed by atoms with van der Waals surface area (Å²) in [6.45, 7) is -2.25. The maximum absolute atomic E-state index is 10.6. The van der Waals surface area contributed by atoms with Gasteiger partial charge in [0.2, 0.25) is 0 Å². The molecular weight excluding hydrogens is 332 g/mol. The van der Waals surface area contributed by atoms with E-state index in [1.807, 2.05) is 0 Å². The molecule has 22 heavy (non-hydrogen) atoms. The molecule has 0 aromatic carbocycles. The average molecular weight is 352 g/mol. The van der Waals surface area contributed by atoms with Crippen LogP contribution < -0.4 is 0 Å². The van der Waals surface area contributed by atoms with Gasteiger partial charge in [-0.25, -0.2) is 0 Å². The molecule has 0 aliphatic heterocycles. The Morgan fingerprint density at radius 1 is 0.636 bits per heavy atom. The van der Waals surface area contributed by atoms with Gasteiger partial charge < -0.3 is 28.8 Å². The molecule has 0 atom stereocenters. The summed E-state index contributed by atoms with van der Waals surface area (Å²) >= 11 is 0. The minimum absolute atomic E-state index is 0. The SMILES string of the molecule is O.O=C(O)CN(CCN(CC(=O)O)CC(=O)O)CC(=O)O.[Ca+2].[H-].[H-]. The molecule has 0 aromatic rings. The Kier molecular flexibility index (Phi) is 16.1. The van der Waals surface area contributed by atoms with E-state index in [2.05, 4.69) is 0 Å². The molecule has 0 rings (SSSR count). The van der Waals surface area contributed by atoms with E-state index >= 15 is 0 Å². The van der Waals surface area contributed by atoms with E-state index < -0.39 is 50.1 Å². The van der Waals surface area contributed by atoms with E-state index in [1.54, 1.807) is 0 Å². The Morgan fingerprint density at radius 2 is 0.818 bits per heavy atom. The Labute approximate surface area is 158 Å². The topological polar surface area (TPSA) is 187 Å². The van der Waals surface area contributed by atoms with E-state index in [0.29, 0.717) is 0 Å². The third-order valence-corrected chi connectivity index (χ3v) is 2.17. The van der Waals surface area contributed by atoms with Crippen molar-refractivity contribution in [1.82, 2.24) is 9.80 Å². The first kappa shape index (κ1) is 25.9. The van der Waals surface area contributed by atoms with Gasteiger partial charge in [0.25, 0.3) is 0 Å². The van der Waals surface area contributed by atoms with E-state index in [9.17, 15) is 19.2 Å². The van der Waals surface area contributed by atoms with Gasteiger partial charge in [-0.15, -0.1) is 0 Å². The third kappa shape index (κ3) is 15.4. The molecule has 0 amide bonds. The predicted octanol–water partition coefficient (Wildman–Crippen LogP) is -3.05. The van der Waals surface area contributed by atoms with Crippen molar-refractivity contribution in [2.45, 2.75) is 0 Å². The molecule has 11 nitrogen and oxygen atoms in total. The number of carbonyl (C=O) groups is 4. The van der Waals surface area contributed by atoms with Crippen molar-refractivity contribution in [2.24, 2.45) is 0 Å². The number of hydrogen-bond acceptors (Lipinski definition) is 6. The third-order valence-electron chi connectivity index (χ3n) is 2.17. The number of hydrogen-bond donors (Lipinski definition) is 4. The molecule has 6 N–H and O–H groups in total. The Bertz CT molecular complexity index is 333. The molecular formula is C10H20CaN2O9. The molecule has 0 aliphatic rings. The van der Waals surface area contributed by atoms with Gasteiger partial charge in [0.15, 0.2) is 0 Å². The zero-order valence-corrected chi connectivity index (χ0v) is 14.0. The summed E-state index contributed by atoms with van der Waals surface area (Å²) in [5, 5.41) is 34.5. The van der Waals surface area contributed by atoms with Crippen LogP contribution in [0.25, 0.3) is 0 Å². The quantitative estimate of drug-likeness (QED) is 0.278. The fourth-order valence-electron chi connectivity index (χ4n) is 1.48. The van der Waals surface area contributed by atoms with Crippen LogP contribution in [-0.2, 0) is 19.2 Å². The monoisotopic (exact) mass is 352 g/mol. The second-order valence-corrected chi connectivity index (χ2v) is 4.00. The first-order valence-corrected chi connectivity index (χ1v) is 5.52. The number of aliphatic carboxylic acids is 4. The van der Waals surface area contributed by atoms with Gasteiger partial charge in [-0.2, -0.15) is 0 Å². The minimum Gasteiger partial charge on any atom is -1.00 e. The maximum atomic E-state index is 10.6. The summed E-state index contributed by atoms with van der Waals surface area (Å²) in [4.78, 5) is 44.4. The van der Waals surface area contributed by atoms with Crippen LogP contribution in [-0.4, -0.2) is 137 Å². The van der Waals surface area contributed by atoms with Crippen LogP contribution in [0, 0.1) is 0 Å². The number of carboxylic acid groups (broad SMARTS) is 4.